The van der Waals surface area contributed by atoms with Crippen molar-refractivity contribution in [3.63, 3.8) is 0 Å². The maximum Gasteiger partial charge on any atom is 0.201 e. The number of carbonyl (C=O) groups excluding carboxylic acids is 2. The third-order valence-electron chi connectivity index (χ3n) is 8.29. The molecule has 2 aromatic rings. The summed E-state index contributed by atoms with van der Waals surface area (Å²) in [5.41, 5.74) is -2.10. The van der Waals surface area contributed by atoms with Crippen LogP contribution in [0.5, 0.6) is 11.5 Å². The third-order valence-corrected chi connectivity index (χ3v) is 8.29. The Morgan fingerprint density at radius 1 is 1.11 bits per heavy atom. The Kier molecular flexibility index (Phi) is 6.62. The normalized spacial score (nSPS) is 32.6. The largest absolute Gasteiger partial charge is 0.507 e. The molecule has 5 N–H and O–H groups in total. The smallest absolute Gasteiger partial charge is 0.201 e. The van der Waals surface area contributed by atoms with Crippen molar-refractivity contribution in [3.05, 3.63) is 57.6 Å². The molecule has 3 aliphatic rings. The second kappa shape index (κ2) is 9.41. The number of fused-ring (bicyclic) bond motifs is 3. The molecule has 0 saturated carbocycles. The van der Waals surface area contributed by atoms with Gasteiger partial charge in [-0.25, -0.2) is 0 Å². The minimum absolute atomic E-state index is 0.0106. The van der Waals surface area contributed by atoms with Crippen LogP contribution in [-0.4, -0.2) is 86.2 Å². The summed E-state index contributed by atoms with van der Waals surface area (Å²) in [6.07, 6.45) is -4.28. The Morgan fingerprint density at radius 3 is 2.47 bits per heavy atom. The van der Waals surface area contributed by atoms with E-state index in [0.717, 1.165) is 0 Å². The zero-order chi connectivity index (χ0) is 27.7. The number of ether oxygens (including phenoxy) is 2. The number of ketones is 2. The van der Waals surface area contributed by atoms with Crippen LogP contribution >= 0.6 is 0 Å². The third kappa shape index (κ3) is 3.95. The first kappa shape index (κ1) is 26.7. The minimum atomic E-state index is -1.64. The number of aliphatic hydroxyl groups is 3. The molecule has 6 unspecified atom stereocenters. The van der Waals surface area contributed by atoms with E-state index >= 15 is 0 Å². The molecule has 2 aliphatic carbocycles. The lowest BCUT2D eigenvalue weighted by atomic mass is 9.71. The molecule has 5 rings (SSSR count). The molecule has 1 aliphatic heterocycles. The molecular formula is C28H33NO9. The Bertz CT molecular complexity index is 1310. The number of phenolic OH excluding ortho intramolecular Hbond substituents is 2. The van der Waals surface area contributed by atoms with Crippen LogP contribution in [0.4, 0.5) is 0 Å². The molecule has 1 saturated heterocycles. The Morgan fingerprint density at radius 2 is 1.82 bits per heavy atom. The summed E-state index contributed by atoms with van der Waals surface area (Å²) in [6.45, 7) is 3.43. The van der Waals surface area contributed by atoms with Crippen molar-refractivity contribution >= 4 is 11.6 Å². The lowest BCUT2D eigenvalue weighted by Gasteiger charge is -2.45. The Hall–Kier alpha value is -2.86. The summed E-state index contributed by atoms with van der Waals surface area (Å²) in [5.74, 6) is -2.24. The molecule has 10 nitrogen and oxygen atoms in total. The first-order valence-corrected chi connectivity index (χ1v) is 12.8. The highest BCUT2D eigenvalue weighted by Crippen LogP contribution is 2.52. The molecule has 0 bridgehead atoms. The van der Waals surface area contributed by atoms with E-state index in [-0.39, 0.29) is 58.0 Å². The Balaban J connectivity index is 1.63. The van der Waals surface area contributed by atoms with E-state index in [9.17, 15) is 35.1 Å². The van der Waals surface area contributed by atoms with Crippen molar-refractivity contribution in [2.75, 3.05) is 14.1 Å². The average molecular weight is 528 g/mol. The SMILES string of the molecule is CC[C@@]1(O)CC(OC2CC(N(C)C)C(O)C(C)O2)c2c(cc3c(c2O)C(=O)c2c(O)cccc2C3=O)C1O. The van der Waals surface area contributed by atoms with Crippen molar-refractivity contribution in [3.8, 4) is 11.5 Å². The van der Waals surface area contributed by atoms with E-state index in [1.54, 1.807) is 13.8 Å². The molecule has 0 radical (unpaired) electrons. The highest BCUT2D eigenvalue weighted by Gasteiger charge is 2.49. The van der Waals surface area contributed by atoms with Crippen LogP contribution in [0.1, 0.15) is 88.3 Å². The highest BCUT2D eigenvalue weighted by molar-refractivity contribution is 6.30. The fourth-order valence-electron chi connectivity index (χ4n) is 6.01. The molecule has 1 heterocycles. The summed E-state index contributed by atoms with van der Waals surface area (Å²) < 4.78 is 12.2. The van der Waals surface area contributed by atoms with E-state index in [1.807, 2.05) is 19.0 Å². The molecule has 1 fully saturated rings. The van der Waals surface area contributed by atoms with Gasteiger partial charge in [-0.05, 0) is 45.1 Å². The standard InChI is InChI=1S/C28H33NO9/c1-5-28(36)11-18(38-19-10-16(29(3)4)23(31)12(2)37-19)21-15(27(28)35)9-14-22(26(21)34)25(33)20-13(24(14)32)7-6-8-17(20)30/h6-9,12,16,18-19,23,27,30-31,34-36H,5,10-11H2,1-4H3/t12?,16?,18?,19?,23?,27?,28-/m1/s1. The zero-order valence-corrected chi connectivity index (χ0v) is 21.7. The van der Waals surface area contributed by atoms with Crippen molar-refractivity contribution in [1.82, 2.24) is 4.90 Å². The van der Waals surface area contributed by atoms with Gasteiger partial charge in [0.1, 0.15) is 17.6 Å². The zero-order valence-electron chi connectivity index (χ0n) is 21.7. The van der Waals surface area contributed by atoms with Gasteiger partial charge in [0.25, 0.3) is 0 Å². The Labute approximate surface area is 220 Å². The summed E-state index contributed by atoms with van der Waals surface area (Å²) >= 11 is 0. The van der Waals surface area contributed by atoms with Gasteiger partial charge in [0.15, 0.2) is 12.1 Å². The molecule has 204 valence electrons. The number of aromatic hydroxyl groups is 2. The van der Waals surface area contributed by atoms with E-state index in [0.29, 0.717) is 6.42 Å². The van der Waals surface area contributed by atoms with Crippen LogP contribution in [0.25, 0.3) is 0 Å². The van der Waals surface area contributed by atoms with E-state index in [2.05, 4.69) is 0 Å². The average Bonchev–Trinajstić information content (AvgIpc) is 2.86. The predicted molar refractivity (Wildman–Crippen MR) is 134 cm³/mol. The summed E-state index contributed by atoms with van der Waals surface area (Å²) in [7, 11) is 3.66. The van der Waals surface area contributed by atoms with Crippen LogP contribution < -0.4 is 0 Å². The number of carbonyl (C=O) groups is 2. The number of benzene rings is 2. The van der Waals surface area contributed by atoms with E-state index < -0.39 is 53.6 Å². The quantitative estimate of drug-likeness (QED) is 0.340. The maximum atomic E-state index is 13.5. The van der Waals surface area contributed by atoms with Gasteiger partial charge in [-0.3, -0.25) is 9.59 Å². The molecule has 0 spiro atoms. The summed E-state index contributed by atoms with van der Waals surface area (Å²) in [6, 6.07) is 5.20. The van der Waals surface area contributed by atoms with Gasteiger partial charge in [-0.2, -0.15) is 0 Å². The maximum absolute atomic E-state index is 13.5. The molecular weight excluding hydrogens is 494 g/mol. The molecule has 10 heteroatoms. The van der Waals surface area contributed by atoms with Crippen molar-refractivity contribution in [2.45, 2.75) is 75.5 Å². The summed E-state index contributed by atoms with van der Waals surface area (Å²) in [5, 5.41) is 54.9. The van der Waals surface area contributed by atoms with Crippen molar-refractivity contribution in [1.29, 1.82) is 0 Å². The van der Waals surface area contributed by atoms with Gasteiger partial charge in [0.05, 0.1) is 35.0 Å². The fourth-order valence-corrected chi connectivity index (χ4v) is 6.01. The van der Waals surface area contributed by atoms with Gasteiger partial charge < -0.3 is 39.9 Å². The van der Waals surface area contributed by atoms with Gasteiger partial charge >= 0.3 is 0 Å². The minimum Gasteiger partial charge on any atom is -0.507 e. The van der Waals surface area contributed by atoms with Crippen LogP contribution in [0.2, 0.25) is 0 Å². The topological polar surface area (TPSA) is 157 Å². The van der Waals surface area contributed by atoms with E-state index in [4.69, 9.17) is 9.47 Å². The van der Waals surface area contributed by atoms with Crippen LogP contribution in [0.3, 0.4) is 0 Å². The number of hydrogen-bond acceptors (Lipinski definition) is 10. The van der Waals surface area contributed by atoms with Gasteiger partial charge in [0, 0.05) is 35.6 Å². The second-order valence-corrected chi connectivity index (χ2v) is 10.7. The molecule has 2 aromatic carbocycles. The number of likely N-dealkylation sites (N-methyl/N-ethyl adjacent to an activating group) is 1. The van der Waals surface area contributed by atoms with Crippen LogP contribution in [-0.2, 0) is 9.47 Å². The van der Waals surface area contributed by atoms with Crippen molar-refractivity contribution in [2.24, 2.45) is 0 Å². The lowest BCUT2D eigenvalue weighted by Crippen LogP contribution is -2.54. The predicted octanol–water partition coefficient (Wildman–Crippen LogP) is 1.94. The molecule has 0 aromatic heterocycles. The second-order valence-electron chi connectivity index (χ2n) is 10.7. The fraction of sp³-hybridized carbons (Fsp3) is 0.500. The molecule has 0 amide bonds. The number of aliphatic hydroxyl groups excluding tert-OH is 2. The summed E-state index contributed by atoms with van der Waals surface area (Å²) in [4.78, 5) is 28.7. The lowest BCUT2D eigenvalue weighted by molar-refractivity contribution is -0.261. The van der Waals surface area contributed by atoms with Crippen LogP contribution in [0, 0.1) is 0 Å². The molecule has 7 atom stereocenters. The number of phenols is 2. The monoisotopic (exact) mass is 527 g/mol. The number of rotatable bonds is 4. The van der Waals surface area contributed by atoms with E-state index in [1.165, 1.54) is 24.3 Å². The first-order valence-electron chi connectivity index (χ1n) is 12.8. The van der Waals surface area contributed by atoms with Crippen molar-refractivity contribution < 1.29 is 44.6 Å². The number of nitrogens with zero attached hydrogens (tertiary/aromatic N) is 1. The van der Waals surface area contributed by atoms with Crippen LogP contribution in [0.15, 0.2) is 24.3 Å². The molecule has 38 heavy (non-hydrogen) atoms. The van der Waals surface area contributed by atoms with Gasteiger partial charge in [0.2, 0.25) is 5.78 Å². The first-order chi connectivity index (χ1) is 17.9. The van der Waals surface area contributed by atoms with Gasteiger partial charge in [-0.15, -0.1) is 0 Å². The number of hydrogen-bond donors (Lipinski definition) is 5. The van der Waals surface area contributed by atoms with Gasteiger partial charge in [-0.1, -0.05) is 19.1 Å². The highest BCUT2D eigenvalue weighted by atomic mass is 16.7.